The van der Waals surface area contributed by atoms with Crippen LogP contribution in [0, 0.1) is 23.0 Å². The first-order valence-electron chi connectivity index (χ1n) is 8.26. The molecule has 2 aliphatic rings. The molecule has 6 nitrogen and oxygen atoms in total. The average molecular weight is 317 g/mol. The Morgan fingerprint density at radius 1 is 1.39 bits per heavy atom. The van der Waals surface area contributed by atoms with Crippen molar-refractivity contribution in [1.82, 2.24) is 4.90 Å². The fourth-order valence-electron chi connectivity index (χ4n) is 3.12. The van der Waals surface area contributed by atoms with E-state index in [4.69, 9.17) is 0 Å². The highest BCUT2D eigenvalue weighted by atomic mass is 16.6. The van der Waals surface area contributed by atoms with E-state index >= 15 is 0 Å². The second-order valence-corrected chi connectivity index (χ2v) is 6.81. The molecule has 0 spiro atoms. The first kappa shape index (κ1) is 15.9. The number of nitro benzene ring substituents is 1. The van der Waals surface area contributed by atoms with E-state index in [0.717, 1.165) is 18.4 Å². The van der Waals surface area contributed by atoms with E-state index in [-0.39, 0.29) is 17.3 Å². The van der Waals surface area contributed by atoms with Crippen LogP contribution in [0.25, 0.3) is 0 Å². The van der Waals surface area contributed by atoms with Gasteiger partial charge in [-0.2, -0.15) is 0 Å². The minimum absolute atomic E-state index is 0.0495. The lowest BCUT2D eigenvalue weighted by molar-refractivity contribution is -0.384. The Kier molecular flexibility index (Phi) is 4.35. The number of rotatable bonds is 7. The summed E-state index contributed by atoms with van der Waals surface area (Å²) in [6.07, 6.45) is 4.79. The molecule has 124 valence electrons. The summed E-state index contributed by atoms with van der Waals surface area (Å²) < 4.78 is 0. The van der Waals surface area contributed by atoms with Crippen LogP contribution in [-0.2, 0) is 4.79 Å². The monoisotopic (exact) mass is 317 g/mol. The lowest BCUT2D eigenvalue weighted by atomic mass is 10.1. The van der Waals surface area contributed by atoms with Gasteiger partial charge in [-0.05, 0) is 57.1 Å². The Hall–Kier alpha value is -1.95. The van der Waals surface area contributed by atoms with Gasteiger partial charge in [0.1, 0.15) is 5.69 Å². The zero-order chi connectivity index (χ0) is 16.6. The molecule has 1 amide bonds. The third-order valence-electron chi connectivity index (χ3n) is 4.79. The lowest BCUT2D eigenvalue weighted by Crippen LogP contribution is -2.42. The van der Waals surface area contributed by atoms with Crippen molar-refractivity contribution in [3.05, 3.63) is 33.9 Å². The summed E-state index contributed by atoms with van der Waals surface area (Å²) in [7, 11) is 0. The quantitative estimate of drug-likeness (QED) is 0.619. The Morgan fingerprint density at radius 2 is 2.09 bits per heavy atom. The van der Waals surface area contributed by atoms with Crippen LogP contribution in [0.2, 0.25) is 0 Å². The summed E-state index contributed by atoms with van der Waals surface area (Å²) in [5, 5.41) is 13.9. The summed E-state index contributed by atoms with van der Waals surface area (Å²) in [5.41, 5.74) is 1.03. The molecule has 1 unspecified atom stereocenters. The Morgan fingerprint density at radius 3 is 2.65 bits per heavy atom. The van der Waals surface area contributed by atoms with Gasteiger partial charge in [0.2, 0.25) is 5.91 Å². The SMILES string of the molecule is Cc1ccc(NC(=O)CN(C2CC2)C(C)C2CC2)c([N+](=O)[O-])c1. The van der Waals surface area contributed by atoms with Gasteiger partial charge in [0.25, 0.3) is 5.69 Å². The number of aryl methyl sites for hydroxylation is 1. The molecule has 1 N–H and O–H groups in total. The Bertz CT molecular complexity index is 624. The number of anilines is 1. The molecule has 0 heterocycles. The van der Waals surface area contributed by atoms with Crippen LogP contribution in [0.4, 0.5) is 11.4 Å². The van der Waals surface area contributed by atoms with Gasteiger partial charge in [-0.3, -0.25) is 19.8 Å². The number of hydrogen-bond donors (Lipinski definition) is 1. The summed E-state index contributed by atoms with van der Waals surface area (Å²) in [5.74, 6) is 0.536. The van der Waals surface area contributed by atoms with Crippen molar-refractivity contribution in [1.29, 1.82) is 0 Å². The highest BCUT2D eigenvalue weighted by Gasteiger charge is 2.39. The second-order valence-electron chi connectivity index (χ2n) is 6.81. The second kappa shape index (κ2) is 6.28. The maximum atomic E-state index is 12.4. The summed E-state index contributed by atoms with van der Waals surface area (Å²) >= 11 is 0. The number of hydrogen-bond acceptors (Lipinski definition) is 4. The first-order valence-corrected chi connectivity index (χ1v) is 8.26. The van der Waals surface area contributed by atoms with Gasteiger partial charge in [0, 0.05) is 18.2 Å². The normalized spacial score (nSPS) is 18.7. The van der Waals surface area contributed by atoms with Crippen LogP contribution in [0.1, 0.15) is 38.2 Å². The molecular formula is C17H23N3O3. The van der Waals surface area contributed by atoms with Crippen LogP contribution < -0.4 is 5.32 Å². The zero-order valence-electron chi connectivity index (χ0n) is 13.6. The van der Waals surface area contributed by atoms with Crippen LogP contribution >= 0.6 is 0 Å². The minimum atomic E-state index is -0.450. The maximum Gasteiger partial charge on any atom is 0.293 e. The predicted octanol–water partition coefficient (Wildman–Crippen LogP) is 3.10. The van der Waals surface area contributed by atoms with Gasteiger partial charge < -0.3 is 5.32 Å². The number of carbonyl (C=O) groups excluding carboxylic acids is 1. The van der Waals surface area contributed by atoms with Crippen molar-refractivity contribution in [2.45, 2.75) is 51.6 Å². The molecular weight excluding hydrogens is 294 g/mol. The molecule has 0 radical (unpaired) electrons. The van der Waals surface area contributed by atoms with E-state index in [1.54, 1.807) is 19.1 Å². The van der Waals surface area contributed by atoms with E-state index in [1.807, 2.05) is 0 Å². The standard InChI is InChI=1S/C17H23N3O3/c1-11-3-8-15(16(9-11)20(22)23)18-17(21)10-19(14-6-7-14)12(2)13-4-5-13/h3,8-9,12-14H,4-7,10H2,1-2H3,(H,18,21). The first-order chi connectivity index (χ1) is 11.0. The molecule has 0 bridgehead atoms. The van der Waals surface area contributed by atoms with E-state index in [9.17, 15) is 14.9 Å². The minimum Gasteiger partial charge on any atom is -0.319 e. The fourth-order valence-corrected chi connectivity index (χ4v) is 3.12. The summed E-state index contributed by atoms with van der Waals surface area (Å²) in [6, 6.07) is 5.79. The van der Waals surface area contributed by atoms with E-state index in [0.29, 0.717) is 24.5 Å². The van der Waals surface area contributed by atoms with Crippen molar-refractivity contribution in [3.8, 4) is 0 Å². The van der Waals surface area contributed by atoms with Gasteiger partial charge in [-0.15, -0.1) is 0 Å². The van der Waals surface area contributed by atoms with E-state index in [2.05, 4.69) is 17.1 Å². The van der Waals surface area contributed by atoms with Crippen molar-refractivity contribution in [3.63, 3.8) is 0 Å². The Labute approximate surface area is 136 Å². The van der Waals surface area contributed by atoms with Crippen LogP contribution in [-0.4, -0.2) is 34.4 Å². The molecule has 1 aromatic carbocycles. The van der Waals surface area contributed by atoms with Crippen molar-refractivity contribution in [2.75, 3.05) is 11.9 Å². The third kappa shape index (κ3) is 3.88. The van der Waals surface area contributed by atoms with E-state index < -0.39 is 4.92 Å². The largest absolute Gasteiger partial charge is 0.319 e. The fraction of sp³-hybridized carbons (Fsp3) is 0.588. The molecule has 2 fully saturated rings. The summed E-state index contributed by atoms with van der Waals surface area (Å²) in [4.78, 5) is 25.4. The lowest BCUT2D eigenvalue weighted by Gasteiger charge is -2.28. The number of nitrogens with one attached hydrogen (secondary N) is 1. The number of carbonyl (C=O) groups is 1. The molecule has 0 aromatic heterocycles. The number of amides is 1. The highest BCUT2D eigenvalue weighted by Crippen LogP contribution is 2.39. The van der Waals surface area contributed by atoms with Crippen LogP contribution in [0.3, 0.4) is 0 Å². The molecule has 0 saturated heterocycles. The molecule has 0 aliphatic heterocycles. The molecule has 3 rings (SSSR count). The molecule has 1 atom stereocenters. The van der Waals surface area contributed by atoms with Gasteiger partial charge in [0.05, 0.1) is 11.5 Å². The number of nitrogens with zero attached hydrogens (tertiary/aromatic N) is 2. The molecule has 2 saturated carbocycles. The smallest absolute Gasteiger partial charge is 0.293 e. The number of nitro groups is 1. The van der Waals surface area contributed by atoms with Crippen LogP contribution in [0.5, 0.6) is 0 Å². The number of benzene rings is 1. The van der Waals surface area contributed by atoms with Gasteiger partial charge in [0.15, 0.2) is 0 Å². The molecule has 1 aromatic rings. The molecule has 23 heavy (non-hydrogen) atoms. The Balaban J connectivity index is 1.67. The predicted molar refractivity (Wildman–Crippen MR) is 88.4 cm³/mol. The molecule has 6 heteroatoms. The van der Waals surface area contributed by atoms with Crippen molar-refractivity contribution >= 4 is 17.3 Å². The van der Waals surface area contributed by atoms with E-state index in [1.165, 1.54) is 18.9 Å². The van der Waals surface area contributed by atoms with Crippen molar-refractivity contribution in [2.24, 2.45) is 5.92 Å². The maximum absolute atomic E-state index is 12.4. The van der Waals surface area contributed by atoms with Gasteiger partial charge >= 0.3 is 0 Å². The average Bonchev–Trinajstić information content (AvgIpc) is 3.38. The zero-order valence-corrected chi connectivity index (χ0v) is 13.6. The topological polar surface area (TPSA) is 75.5 Å². The van der Waals surface area contributed by atoms with Gasteiger partial charge in [-0.25, -0.2) is 0 Å². The molecule has 2 aliphatic carbocycles. The highest BCUT2D eigenvalue weighted by molar-refractivity contribution is 5.94. The third-order valence-corrected chi connectivity index (χ3v) is 4.79. The van der Waals surface area contributed by atoms with Gasteiger partial charge in [-0.1, -0.05) is 6.07 Å². The summed E-state index contributed by atoms with van der Waals surface area (Å²) in [6.45, 7) is 4.30. The van der Waals surface area contributed by atoms with Crippen molar-refractivity contribution < 1.29 is 9.72 Å². The van der Waals surface area contributed by atoms with Crippen LogP contribution in [0.15, 0.2) is 18.2 Å².